The first-order valence-corrected chi connectivity index (χ1v) is 8.29. The quantitative estimate of drug-likeness (QED) is 0.529. The molecule has 0 unspecified atom stereocenters. The molecule has 2 aromatic carbocycles. The molecule has 1 heterocycles. The van der Waals surface area contributed by atoms with Crippen molar-refractivity contribution in [2.45, 2.75) is 6.54 Å². The van der Waals surface area contributed by atoms with Crippen LogP contribution in [0, 0.1) is 10.1 Å². The van der Waals surface area contributed by atoms with E-state index in [1.54, 1.807) is 37.6 Å². The Morgan fingerprint density at radius 3 is 2.59 bits per heavy atom. The standard InChI is InChI=1S/C20H18N4O3/c1-23(14-15-6-5-11-21-13-15)20(25)16-9-10-18(19(12-16)24(26)27)22-17-7-3-2-4-8-17/h2-13,22H,14H2,1H3. The summed E-state index contributed by atoms with van der Waals surface area (Å²) in [4.78, 5) is 29.2. The first kappa shape index (κ1) is 18.1. The molecule has 0 radical (unpaired) electrons. The van der Waals surface area contributed by atoms with Gasteiger partial charge in [0.15, 0.2) is 0 Å². The van der Waals surface area contributed by atoms with E-state index in [4.69, 9.17) is 0 Å². The third kappa shape index (κ3) is 4.46. The molecule has 1 amide bonds. The van der Waals surface area contributed by atoms with Crippen LogP contribution in [0.15, 0.2) is 73.1 Å². The second-order valence-corrected chi connectivity index (χ2v) is 6.00. The van der Waals surface area contributed by atoms with Crippen LogP contribution in [0.1, 0.15) is 15.9 Å². The molecule has 27 heavy (non-hydrogen) atoms. The van der Waals surface area contributed by atoms with Crippen LogP contribution in [0.25, 0.3) is 0 Å². The topological polar surface area (TPSA) is 88.4 Å². The summed E-state index contributed by atoms with van der Waals surface area (Å²) in [5.41, 5.74) is 2.04. The van der Waals surface area contributed by atoms with Gasteiger partial charge in [0.1, 0.15) is 5.69 Å². The zero-order valence-electron chi connectivity index (χ0n) is 14.7. The van der Waals surface area contributed by atoms with Gasteiger partial charge in [-0.25, -0.2) is 0 Å². The number of pyridine rings is 1. The summed E-state index contributed by atoms with van der Waals surface area (Å²) in [7, 11) is 1.65. The normalized spacial score (nSPS) is 10.3. The van der Waals surface area contributed by atoms with E-state index in [9.17, 15) is 14.9 Å². The van der Waals surface area contributed by atoms with E-state index in [0.29, 0.717) is 12.2 Å². The maximum absolute atomic E-state index is 12.7. The number of hydrogen-bond donors (Lipinski definition) is 1. The smallest absolute Gasteiger partial charge is 0.293 e. The monoisotopic (exact) mass is 362 g/mol. The number of hydrogen-bond acceptors (Lipinski definition) is 5. The predicted molar refractivity (Wildman–Crippen MR) is 103 cm³/mol. The van der Waals surface area contributed by atoms with Gasteiger partial charge in [-0.2, -0.15) is 0 Å². The zero-order chi connectivity index (χ0) is 19.2. The summed E-state index contributed by atoms with van der Waals surface area (Å²) >= 11 is 0. The van der Waals surface area contributed by atoms with E-state index in [-0.39, 0.29) is 17.2 Å². The lowest BCUT2D eigenvalue weighted by Gasteiger charge is -2.17. The van der Waals surface area contributed by atoms with Crippen molar-refractivity contribution < 1.29 is 9.72 Å². The van der Waals surface area contributed by atoms with Crippen LogP contribution in [0.5, 0.6) is 0 Å². The van der Waals surface area contributed by atoms with E-state index < -0.39 is 4.92 Å². The van der Waals surface area contributed by atoms with Crippen molar-refractivity contribution in [2.75, 3.05) is 12.4 Å². The summed E-state index contributed by atoms with van der Waals surface area (Å²) in [6.45, 7) is 0.366. The van der Waals surface area contributed by atoms with Gasteiger partial charge in [-0.3, -0.25) is 19.9 Å². The minimum absolute atomic E-state index is 0.153. The molecular weight excluding hydrogens is 344 g/mol. The number of carbonyl (C=O) groups is 1. The molecule has 0 aliphatic rings. The Kier molecular flexibility index (Phi) is 5.41. The van der Waals surface area contributed by atoms with Gasteiger partial charge in [-0.1, -0.05) is 24.3 Å². The molecule has 1 N–H and O–H groups in total. The van der Waals surface area contributed by atoms with Crippen LogP contribution in [-0.4, -0.2) is 27.8 Å². The summed E-state index contributed by atoms with van der Waals surface area (Å²) in [5.74, 6) is -0.298. The molecule has 1 aromatic heterocycles. The van der Waals surface area contributed by atoms with Crippen molar-refractivity contribution in [1.29, 1.82) is 0 Å². The summed E-state index contributed by atoms with van der Waals surface area (Å²) in [6, 6.07) is 17.2. The molecule has 0 saturated carbocycles. The second-order valence-electron chi connectivity index (χ2n) is 6.00. The number of nitro benzene ring substituents is 1. The third-order valence-electron chi connectivity index (χ3n) is 3.98. The molecule has 7 heteroatoms. The Hall–Kier alpha value is -3.74. The van der Waals surface area contributed by atoms with E-state index in [1.807, 2.05) is 36.4 Å². The van der Waals surface area contributed by atoms with Crippen LogP contribution in [0.2, 0.25) is 0 Å². The fourth-order valence-corrected chi connectivity index (χ4v) is 2.66. The molecule has 7 nitrogen and oxygen atoms in total. The van der Waals surface area contributed by atoms with Crippen molar-refractivity contribution in [3.8, 4) is 0 Å². The minimum atomic E-state index is -0.497. The largest absolute Gasteiger partial charge is 0.350 e. The maximum atomic E-state index is 12.7. The molecule has 0 spiro atoms. The zero-order valence-corrected chi connectivity index (χ0v) is 14.7. The Labute approximate surface area is 156 Å². The summed E-state index contributed by atoms with van der Waals surface area (Å²) in [5, 5.41) is 14.5. The number of rotatable bonds is 6. The van der Waals surface area contributed by atoms with Crippen LogP contribution in [-0.2, 0) is 6.54 Å². The number of para-hydroxylation sites is 1. The number of nitro groups is 1. The average Bonchev–Trinajstić information content (AvgIpc) is 2.69. The van der Waals surface area contributed by atoms with Crippen molar-refractivity contribution in [3.05, 3.63) is 94.3 Å². The van der Waals surface area contributed by atoms with E-state index >= 15 is 0 Å². The van der Waals surface area contributed by atoms with Gasteiger partial charge in [-0.05, 0) is 35.9 Å². The molecule has 0 bridgehead atoms. The number of aromatic nitrogens is 1. The fourth-order valence-electron chi connectivity index (χ4n) is 2.66. The molecule has 0 fully saturated rings. The van der Waals surface area contributed by atoms with Gasteiger partial charge >= 0.3 is 0 Å². The van der Waals surface area contributed by atoms with Crippen molar-refractivity contribution in [3.63, 3.8) is 0 Å². The molecule has 0 aliphatic carbocycles. The van der Waals surface area contributed by atoms with Gasteiger partial charge < -0.3 is 10.2 Å². The lowest BCUT2D eigenvalue weighted by molar-refractivity contribution is -0.383. The van der Waals surface area contributed by atoms with Crippen LogP contribution < -0.4 is 5.32 Å². The Morgan fingerprint density at radius 1 is 1.15 bits per heavy atom. The fraction of sp³-hybridized carbons (Fsp3) is 0.100. The first-order chi connectivity index (χ1) is 13.0. The summed E-state index contributed by atoms with van der Waals surface area (Å²) < 4.78 is 0. The molecular formula is C20H18N4O3. The van der Waals surface area contributed by atoms with Gasteiger partial charge in [0.2, 0.25) is 0 Å². The van der Waals surface area contributed by atoms with Gasteiger partial charge in [0, 0.05) is 43.3 Å². The highest BCUT2D eigenvalue weighted by atomic mass is 16.6. The second kappa shape index (κ2) is 8.09. The number of anilines is 2. The number of benzene rings is 2. The lowest BCUT2D eigenvalue weighted by Crippen LogP contribution is -2.26. The van der Waals surface area contributed by atoms with Crippen molar-refractivity contribution >= 4 is 23.0 Å². The van der Waals surface area contributed by atoms with Gasteiger partial charge in [0.25, 0.3) is 11.6 Å². The number of nitrogens with one attached hydrogen (secondary N) is 1. The molecule has 3 rings (SSSR count). The Bertz CT molecular complexity index is 946. The maximum Gasteiger partial charge on any atom is 0.293 e. The Balaban J connectivity index is 1.82. The lowest BCUT2D eigenvalue weighted by atomic mass is 10.1. The van der Waals surface area contributed by atoms with Gasteiger partial charge in [0.05, 0.1) is 4.92 Å². The highest BCUT2D eigenvalue weighted by Gasteiger charge is 2.20. The SMILES string of the molecule is CN(Cc1cccnc1)C(=O)c1ccc(Nc2ccccc2)c([N+](=O)[O-])c1. The number of amides is 1. The first-order valence-electron chi connectivity index (χ1n) is 8.29. The van der Waals surface area contributed by atoms with Gasteiger partial charge in [-0.15, -0.1) is 0 Å². The Morgan fingerprint density at radius 2 is 1.93 bits per heavy atom. The highest BCUT2D eigenvalue weighted by Crippen LogP contribution is 2.29. The summed E-state index contributed by atoms with van der Waals surface area (Å²) in [6.07, 6.45) is 3.34. The van der Waals surface area contributed by atoms with E-state index in [2.05, 4.69) is 10.3 Å². The third-order valence-corrected chi connectivity index (χ3v) is 3.98. The molecule has 0 atom stereocenters. The van der Waals surface area contributed by atoms with Crippen molar-refractivity contribution in [1.82, 2.24) is 9.88 Å². The number of nitrogens with zero attached hydrogens (tertiary/aromatic N) is 3. The van der Waals surface area contributed by atoms with Crippen LogP contribution in [0.3, 0.4) is 0 Å². The predicted octanol–water partition coefficient (Wildman–Crippen LogP) is 4.01. The highest BCUT2D eigenvalue weighted by molar-refractivity contribution is 5.95. The number of carbonyl (C=O) groups excluding carboxylic acids is 1. The minimum Gasteiger partial charge on any atom is -0.350 e. The van der Waals surface area contributed by atoms with Crippen LogP contribution in [0.4, 0.5) is 17.1 Å². The van der Waals surface area contributed by atoms with Crippen LogP contribution >= 0.6 is 0 Å². The molecule has 136 valence electrons. The molecule has 3 aromatic rings. The van der Waals surface area contributed by atoms with Crippen molar-refractivity contribution in [2.24, 2.45) is 0 Å². The molecule has 0 saturated heterocycles. The van der Waals surface area contributed by atoms with E-state index in [0.717, 1.165) is 11.3 Å². The average molecular weight is 362 g/mol. The molecule has 0 aliphatic heterocycles. The van der Waals surface area contributed by atoms with E-state index in [1.165, 1.54) is 11.0 Å².